The number of nitrogens with zero attached hydrogens (tertiary/aromatic N) is 4. The van der Waals surface area contributed by atoms with Gasteiger partial charge < -0.3 is 10.0 Å². The van der Waals surface area contributed by atoms with Crippen LogP contribution in [0.1, 0.15) is 12.8 Å². The molecule has 3 aromatic rings. The van der Waals surface area contributed by atoms with Gasteiger partial charge in [-0.15, -0.1) is 5.10 Å². The molecule has 0 radical (unpaired) electrons. The first-order valence-corrected chi connectivity index (χ1v) is 10.5. The maximum Gasteiger partial charge on any atom is 0.213 e. The zero-order chi connectivity index (χ0) is 17.2. The van der Waals surface area contributed by atoms with Crippen LogP contribution in [0.2, 0.25) is 0 Å². The van der Waals surface area contributed by atoms with Crippen molar-refractivity contribution in [1.82, 2.24) is 19.5 Å². The summed E-state index contributed by atoms with van der Waals surface area (Å²) >= 11 is 1.39. The zero-order valence-corrected chi connectivity index (χ0v) is 15.4. The molecular weight excluding hydrogens is 356 g/mol. The normalized spacial score (nSPS) is 18.0. The average Bonchev–Trinajstić information content (AvgIpc) is 3.21. The Bertz CT molecular complexity index is 838. The van der Waals surface area contributed by atoms with Gasteiger partial charge in [-0.1, -0.05) is 41.7 Å². The lowest BCUT2D eigenvalue weighted by atomic mass is 10.1. The molecule has 0 bridgehead atoms. The van der Waals surface area contributed by atoms with Crippen LogP contribution in [0.4, 0.5) is 0 Å². The molecule has 25 heavy (non-hydrogen) atoms. The van der Waals surface area contributed by atoms with Gasteiger partial charge in [0.1, 0.15) is 0 Å². The summed E-state index contributed by atoms with van der Waals surface area (Å²) in [6.45, 7) is 2.52. The van der Waals surface area contributed by atoms with Crippen LogP contribution < -0.4 is 0 Å². The molecule has 6 nitrogen and oxygen atoms in total. The van der Waals surface area contributed by atoms with Gasteiger partial charge in [-0.2, -0.15) is 0 Å². The Morgan fingerprint density at radius 3 is 2.72 bits per heavy atom. The van der Waals surface area contributed by atoms with Crippen molar-refractivity contribution in [3.63, 3.8) is 0 Å². The maximum atomic E-state index is 12.5. The van der Waals surface area contributed by atoms with E-state index in [-0.39, 0.29) is 6.10 Å². The second-order valence-corrected chi connectivity index (χ2v) is 8.91. The van der Waals surface area contributed by atoms with Gasteiger partial charge in [0, 0.05) is 31.0 Å². The summed E-state index contributed by atoms with van der Waals surface area (Å²) in [6, 6.07) is 9.97. The van der Waals surface area contributed by atoms with Crippen LogP contribution in [0.5, 0.6) is 0 Å². The van der Waals surface area contributed by atoms with Crippen molar-refractivity contribution in [2.45, 2.75) is 23.3 Å². The first-order chi connectivity index (χ1) is 12.2. The minimum Gasteiger partial charge on any atom is -0.393 e. The summed E-state index contributed by atoms with van der Waals surface area (Å²) in [7, 11) is -1.11. The molecule has 0 aliphatic carbocycles. The summed E-state index contributed by atoms with van der Waals surface area (Å²) in [5.41, 5.74) is 1.93. The fourth-order valence-electron chi connectivity index (χ4n) is 2.96. The van der Waals surface area contributed by atoms with E-state index >= 15 is 0 Å². The molecule has 1 fully saturated rings. The van der Waals surface area contributed by atoms with Crippen LogP contribution in [-0.2, 0) is 10.8 Å². The second-order valence-electron chi connectivity index (χ2n) is 6.21. The lowest BCUT2D eigenvalue weighted by Gasteiger charge is -2.28. The molecular formula is C17H20N4O2S2. The van der Waals surface area contributed by atoms with Gasteiger partial charge >= 0.3 is 0 Å². The van der Waals surface area contributed by atoms with Crippen molar-refractivity contribution in [2.75, 3.05) is 25.4 Å². The van der Waals surface area contributed by atoms with Crippen LogP contribution in [-0.4, -0.2) is 60.3 Å². The number of aromatic nitrogens is 3. The summed E-state index contributed by atoms with van der Waals surface area (Å²) in [4.78, 5) is 7.62. The van der Waals surface area contributed by atoms with Gasteiger partial charge in [-0.05, 0) is 12.8 Å². The third-order valence-electron chi connectivity index (χ3n) is 4.44. The average molecular weight is 377 g/mol. The predicted octanol–water partition coefficient (Wildman–Crippen LogP) is 2.02. The SMILES string of the molecule is O=S(CCN1CCC(O)CC1)c1nn2cc(-c3ccccc3)nc2s1. The molecule has 2 aromatic heterocycles. The highest BCUT2D eigenvalue weighted by atomic mass is 32.2. The molecule has 4 rings (SSSR count). The van der Waals surface area contributed by atoms with Gasteiger partial charge in [0.15, 0.2) is 0 Å². The third-order valence-corrected chi connectivity index (χ3v) is 6.99. The first kappa shape index (κ1) is 16.8. The third kappa shape index (κ3) is 3.82. The lowest BCUT2D eigenvalue weighted by Crippen LogP contribution is -2.37. The number of benzene rings is 1. The predicted molar refractivity (Wildman–Crippen MR) is 99.3 cm³/mol. The monoisotopic (exact) mass is 376 g/mol. The minimum atomic E-state index is -1.11. The number of piperidine rings is 1. The van der Waals surface area contributed by atoms with Crippen molar-refractivity contribution in [1.29, 1.82) is 0 Å². The van der Waals surface area contributed by atoms with Crippen LogP contribution in [0.25, 0.3) is 16.2 Å². The van der Waals surface area contributed by atoms with Gasteiger partial charge in [0.25, 0.3) is 0 Å². The molecule has 0 spiro atoms. The molecule has 1 N–H and O–H groups in total. The molecule has 1 aromatic carbocycles. The van der Waals surface area contributed by atoms with Crippen LogP contribution in [0, 0.1) is 0 Å². The van der Waals surface area contributed by atoms with Crippen LogP contribution in [0.3, 0.4) is 0 Å². The zero-order valence-electron chi connectivity index (χ0n) is 13.7. The molecule has 8 heteroatoms. The highest BCUT2D eigenvalue weighted by Crippen LogP contribution is 2.23. The van der Waals surface area contributed by atoms with Crippen molar-refractivity contribution in [2.24, 2.45) is 0 Å². The Morgan fingerprint density at radius 2 is 2.00 bits per heavy atom. The lowest BCUT2D eigenvalue weighted by molar-refractivity contribution is 0.0856. The van der Waals surface area contributed by atoms with Crippen LogP contribution >= 0.6 is 11.3 Å². The number of rotatable bonds is 5. The van der Waals surface area contributed by atoms with Gasteiger partial charge in [-0.3, -0.25) is 4.21 Å². The smallest absolute Gasteiger partial charge is 0.213 e. The van der Waals surface area contributed by atoms with Crippen molar-refractivity contribution in [3.8, 4) is 11.3 Å². The summed E-state index contributed by atoms with van der Waals surface area (Å²) in [5, 5.41) is 14.0. The summed E-state index contributed by atoms with van der Waals surface area (Å²) in [5.74, 6) is 0.568. The van der Waals surface area contributed by atoms with E-state index < -0.39 is 10.8 Å². The highest BCUT2D eigenvalue weighted by molar-refractivity contribution is 7.87. The van der Waals surface area contributed by atoms with Crippen molar-refractivity contribution in [3.05, 3.63) is 36.5 Å². The highest BCUT2D eigenvalue weighted by Gasteiger charge is 2.19. The van der Waals surface area contributed by atoms with Crippen LogP contribution in [0.15, 0.2) is 40.9 Å². The molecule has 1 saturated heterocycles. The molecule has 1 unspecified atom stereocenters. The van der Waals surface area contributed by atoms with Crippen molar-refractivity contribution >= 4 is 27.1 Å². The second kappa shape index (κ2) is 7.33. The van der Waals surface area contributed by atoms with Gasteiger partial charge in [0.05, 0.1) is 28.8 Å². The fourth-order valence-corrected chi connectivity index (χ4v) is 5.20. The van der Waals surface area contributed by atoms with E-state index in [9.17, 15) is 9.32 Å². The topological polar surface area (TPSA) is 70.7 Å². The van der Waals surface area contributed by atoms with Crippen molar-refractivity contribution < 1.29 is 9.32 Å². The van der Waals surface area contributed by atoms with E-state index in [0.717, 1.165) is 48.7 Å². The maximum absolute atomic E-state index is 12.5. The van der Waals surface area contributed by atoms with E-state index in [2.05, 4.69) is 15.0 Å². The number of imidazole rings is 1. The number of aliphatic hydroxyl groups excluding tert-OH is 1. The van der Waals surface area contributed by atoms with E-state index in [0.29, 0.717) is 10.1 Å². The molecule has 3 heterocycles. The minimum absolute atomic E-state index is 0.174. The first-order valence-electron chi connectivity index (χ1n) is 8.39. The Labute approximate surface area is 152 Å². The number of hydrogen-bond acceptors (Lipinski definition) is 6. The number of likely N-dealkylation sites (tertiary alicyclic amines) is 1. The molecule has 1 aliphatic heterocycles. The summed E-state index contributed by atoms with van der Waals surface area (Å²) in [6.07, 6.45) is 3.32. The Morgan fingerprint density at radius 1 is 1.24 bits per heavy atom. The van der Waals surface area contributed by atoms with Gasteiger partial charge in [0.2, 0.25) is 9.30 Å². The molecule has 1 aliphatic rings. The fraction of sp³-hybridized carbons (Fsp3) is 0.412. The molecule has 0 saturated carbocycles. The summed E-state index contributed by atoms with van der Waals surface area (Å²) < 4.78 is 14.9. The number of aliphatic hydroxyl groups is 1. The van der Waals surface area contributed by atoms with E-state index in [1.165, 1.54) is 11.3 Å². The van der Waals surface area contributed by atoms with E-state index in [1.807, 2.05) is 36.5 Å². The Kier molecular flexibility index (Phi) is 4.93. The van der Waals surface area contributed by atoms with E-state index in [4.69, 9.17) is 0 Å². The van der Waals surface area contributed by atoms with Gasteiger partial charge in [-0.25, -0.2) is 9.50 Å². The Hall–Kier alpha value is -1.61. The largest absolute Gasteiger partial charge is 0.393 e. The number of fused-ring (bicyclic) bond motifs is 1. The Balaban J connectivity index is 1.41. The quantitative estimate of drug-likeness (QED) is 0.738. The molecule has 132 valence electrons. The number of hydrogen-bond donors (Lipinski definition) is 1. The molecule has 0 amide bonds. The molecule has 1 atom stereocenters. The standard InChI is InChI=1S/C17H20N4O2S2/c22-14-6-8-20(9-7-14)10-11-25(23)17-19-21-12-15(18-16(21)24-17)13-4-2-1-3-5-13/h1-5,12,14,22H,6-11H2. The van der Waals surface area contributed by atoms with E-state index in [1.54, 1.807) is 4.52 Å².